The Morgan fingerprint density at radius 2 is 2.15 bits per heavy atom. The SMILES string of the molecule is O=Cc1cn(-c2ccc(-c3cc(COc4ccon4)on3)cc2F)cn1. The van der Waals surface area contributed by atoms with Crippen LogP contribution in [0.5, 0.6) is 5.88 Å². The van der Waals surface area contributed by atoms with Gasteiger partial charge in [0.1, 0.15) is 29.8 Å². The third kappa shape index (κ3) is 3.09. The molecule has 3 heterocycles. The van der Waals surface area contributed by atoms with Crippen LogP contribution in [0.2, 0.25) is 0 Å². The Morgan fingerprint density at radius 3 is 2.88 bits per heavy atom. The quantitative estimate of drug-likeness (QED) is 0.491. The monoisotopic (exact) mass is 354 g/mol. The van der Waals surface area contributed by atoms with Crippen LogP contribution < -0.4 is 4.74 Å². The summed E-state index contributed by atoms with van der Waals surface area (Å²) < 4.78 is 31.1. The van der Waals surface area contributed by atoms with E-state index < -0.39 is 5.82 Å². The van der Waals surface area contributed by atoms with Crippen molar-refractivity contribution < 1.29 is 23.0 Å². The van der Waals surface area contributed by atoms with Crippen molar-refractivity contribution in [3.05, 3.63) is 66.4 Å². The number of rotatable bonds is 6. The van der Waals surface area contributed by atoms with Crippen molar-refractivity contribution in [2.24, 2.45) is 0 Å². The third-order valence-corrected chi connectivity index (χ3v) is 3.58. The van der Waals surface area contributed by atoms with Gasteiger partial charge in [0.15, 0.2) is 18.7 Å². The average molecular weight is 354 g/mol. The number of aromatic nitrogens is 4. The normalized spacial score (nSPS) is 10.8. The van der Waals surface area contributed by atoms with E-state index in [-0.39, 0.29) is 18.0 Å². The van der Waals surface area contributed by atoms with Gasteiger partial charge in [0, 0.05) is 23.9 Å². The first-order chi connectivity index (χ1) is 12.7. The first-order valence-electron chi connectivity index (χ1n) is 7.51. The predicted molar refractivity (Wildman–Crippen MR) is 85.2 cm³/mol. The summed E-state index contributed by atoms with van der Waals surface area (Å²) in [5.41, 5.74) is 1.50. The van der Waals surface area contributed by atoms with Gasteiger partial charge < -0.3 is 18.4 Å². The van der Waals surface area contributed by atoms with E-state index in [0.717, 1.165) is 0 Å². The molecule has 0 fully saturated rings. The Balaban J connectivity index is 1.53. The van der Waals surface area contributed by atoms with Crippen LogP contribution in [0, 0.1) is 5.82 Å². The van der Waals surface area contributed by atoms with Crippen molar-refractivity contribution in [1.29, 1.82) is 0 Å². The van der Waals surface area contributed by atoms with Crippen LogP contribution in [0.15, 0.2) is 58.2 Å². The van der Waals surface area contributed by atoms with E-state index in [0.29, 0.717) is 29.2 Å². The fourth-order valence-electron chi connectivity index (χ4n) is 2.34. The van der Waals surface area contributed by atoms with Crippen LogP contribution in [0.3, 0.4) is 0 Å². The molecule has 0 amide bonds. The largest absolute Gasteiger partial charge is 0.467 e. The van der Waals surface area contributed by atoms with Crippen molar-refractivity contribution in [2.75, 3.05) is 0 Å². The van der Waals surface area contributed by atoms with Crippen molar-refractivity contribution in [1.82, 2.24) is 19.9 Å². The molecule has 0 N–H and O–H groups in total. The van der Waals surface area contributed by atoms with Gasteiger partial charge in [0.25, 0.3) is 5.88 Å². The fourth-order valence-corrected chi connectivity index (χ4v) is 2.34. The number of hydrogen-bond donors (Lipinski definition) is 0. The number of benzene rings is 1. The highest BCUT2D eigenvalue weighted by Gasteiger charge is 2.12. The number of nitrogens with zero attached hydrogens (tertiary/aromatic N) is 4. The minimum absolute atomic E-state index is 0.115. The van der Waals surface area contributed by atoms with Crippen LogP contribution in [0.1, 0.15) is 16.2 Å². The van der Waals surface area contributed by atoms with Gasteiger partial charge in [0.05, 0.1) is 5.69 Å². The first-order valence-corrected chi connectivity index (χ1v) is 7.51. The molecule has 8 nitrogen and oxygen atoms in total. The third-order valence-electron chi connectivity index (χ3n) is 3.58. The lowest BCUT2D eigenvalue weighted by Gasteiger charge is -2.05. The van der Waals surface area contributed by atoms with E-state index >= 15 is 0 Å². The van der Waals surface area contributed by atoms with Crippen LogP contribution in [0.4, 0.5) is 4.39 Å². The Labute approximate surface area is 145 Å². The number of halogens is 1. The zero-order chi connectivity index (χ0) is 17.9. The summed E-state index contributed by atoms with van der Waals surface area (Å²) in [5.74, 6) is 0.298. The molecule has 0 unspecified atom stereocenters. The summed E-state index contributed by atoms with van der Waals surface area (Å²) in [6.07, 6.45) is 4.81. The molecule has 130 valence electrons. The van der Waals surface area contributed by atoms with Gasteiger partial charge in [-0.05, 0) is 17.3 Å². The fraction of sp³-hybridized carbons (Fsp3) is 0.0588. The zero-order valence-electron chi connectivity index (χ0n) is 13.2. The molecule has 0 aliphatic carbocycles. The maximum Gasteiger partial charge on any atom is 0.254 e. The van der Waals surface area contributed by atoms with Crippen LogP contribution >= 0.6 is 0 Å². The van der Waals surface area contributed by atoms with Gasteiger partial charge in [-0.15, -0.1) is 0 Å². The van der Waals surface area contributed by atoms with Crippen molar-refractivity contribution in [2.45, 2.75) is 6.61 Å². The number of aldehydes is 1. The Hall–Kier alpha value is -3.75. The molecule has 26 heavy (non-hydrogen) atoms. The summed E-state index contributed by atoms with van der Waals surface area (Å²) in [6, 6.07) is 7.81. The highest BCUT2D eigenvalue weighted by atomic mass is 19.1. The van der Waals surface area contributed by atoms with Gasteiger partial charge in [-0.2, -0.15) is 0 Å². The lowest BCUT2D eigenvalue weighted by Crippen LogP contribution is -1.95. The van der Waals surface area contributed by atoms with Crippen molar-refractivity contribution in [3.8, 4) is 22.8 Å². The van der Waals surface area contributed by atoms with Gasteiger partial charge in [-0.3, -0.25) is 4.79 Å². The Bertz CT molecular complexity index is 1040. The van der Waals surface area contributed by atoms with E-state index in [2.05, 4.69) is 19.8 Å². The Morgan fingerprint density at radius 1 is 1.23 bits per heavy atom. The number of carbonyl (C=O) groups excluding carboxylic acids is 1. The maximum absolute atomic E-state index is 14.4. The molecule has 0 saturated heterocycles. The second-order valence-corrected chi connectivity index (χ2v) is 5.29. The van der Waals surface area contributed by atoms with Gasteiger partial charge in [-0.25, -0.2) is 9.37 Å². The standard InChI is InChI=1S/C17H11FN4O4/c18-14-5-11(1-2-16(14)22-7-12(8-23)19-10-22)15-6-13(26-20-15)9-24-17-3-4-25-21-17/h1-8,10H,9H2. The highest BCUT2D eigenvalue weighted by Crippen LogP contribution is 2.24. The summed E-state index contributed by atoms with van der Waals surface area (Å²) in [6.45, 7) is 0.115. The number of ether oxygens (including phenoxy) is 1. The lowest BCUT2D eigenvalue weighted by molar-refractivity contribution is 0.111. The molecule has 0 saturated carbocycles. The predicted octanol–water partition coefficient (Wildman–Crippen LogP) is 3.05. The van der Waals surface area contributed by atoms with E-state index in [4.69, 9.17) is 9.26 Å². The molecular formula is C17H11FN4O4. The summed E-state index contributed by atoms with van der Waals surface area (Å²) in [4.78, 5) is 14.6. The molecule has 0 aliphatic rings. The van der Waals surface area contributed by atoms with Crippen LogP contribution in [-0.2, 0) is 6.61 Å². The van der Waals surface area contributed by atoms with Crippen molar-refractivity contribution >= 4 is 6.29 Å². The second-order valence-electron chi connectivity index (χ2n) is 5.29. The molecule has 0 atom stereocenters. The molecule has 0 radical (unpaired) electrons. The molecule has 9 heteroatoms. The van der Waals surface area contributed by atoms with E-state index in [1.165, 1.54) is 29.4 Å². The summed E-state index contributed by atoms with van der Waals surface area (Å²) >= 11 is 0. The summed E-state index contributed by atoms with van der Waals surface area (Å²) in [7, 11) is 0. The van der Waals surface area contributed by atoms with E-state index in [9.17, 15) is 9.18 Å². The number of carbonyl (C=O) groups is 1. The van der Waals surface area contributed by atoms with Gasteiger partial charge >= 0.3 is 0 Å². The highest BCUT2D eigenvalue weighted by molar-refractivity contribution is 5.71. The molecule has 0 aliphatic heterocycles. The van der Waals surface area contributed by atoms with Crippen LogP contribution in [-0.4, -0.2) is 26.2 Å². The minimum Gasteiger partial charge on any atom is -0.467 e. The Kier molecular flexibility index (Phi) is 4.02. The number of hydrogen-bond acceptors (Lipinski definition) is 7. The molecule has 0 bridgehead atoms. The van der Waals surface area contributed by atoms with Gasteiger partial charge in [-0.1, -0.05) is 11.2 Å². The molecule has 4 aromatic rings. The molecule has 1 aromatic carbocycles. The average Bonchev–Trinajstić information content (AvgIpc) is 3.40. The zero-order valence-corrected chi connectivity index (χ0v) is 13.2. The van der Waals surface area contributed by atoms with Crippen molar-refractivity contribution in [3.63, 3.8) is 0 Å². The first kappa shape index (κ1) is 15.8. The molecule has 0 spiro atoms. The molecule has 4 rings (SSSR count). The minimum atomic E-state index is -0.485. The lowest BCUT2D eigenvalue weighted by atomic mass is 10.1. The second kappa shape index (κ2) is 6.63. The van der Waals surface area contributed by atoms with E-state index in [1.54, 1.807) is 24.3 Å². The maximum atomic E-state index is 14.4. The molecule has 3 aromatic heterocycles. The van der Waals surface area contributed by atoms with Crippen LogP contribution in [0.25, 0.3) is 16.9 Å². The smallest absolute Gasteiger partial charge is 0.254 e. The topological polar surface area (TPSA) is 96.2 Å². The summed E-state index contributed by atoms with van der Waals surface area (Å²) in [5, 5.41) is 7.53. The van der Waals surface area contributed by atoms with Gasteiger partial charge in [0.2, 0.25) is 0 Å². The van der Waals surface area contributed by atoms with E-state index in [1.807, 2.05) is 0 Å². The number of imidazole rings is 1. The molecular weight excluding hydrogens is 343 g/mol.